The van der Waals surface area contributed by atoms with Crippen molar-refractivity contribution >= 4 is 32.7 Å². The minimum atomic E-state index is -3.54. The summed E-state index contributed by atoms with van der Waals surface area (Å²) in [5.74, 6) is 0.122. The van der Waals surface area contributed by atoms with Gasteiger partial charge in [0.2, 0.25) is 15.9 Å². The van der Waals surface area contributed by atoms with E-state index in [2.05, 4.69) is 15.3 Å². The number of sulfonamides is 1. The van der Waals surface area contributed by atoms with Crippen molar-refractivity contribution in [2.75, 3.05) is 18.4 Å². The average Bonchev–Trinajstić information content (AvgIpc) is 3.12. The van der Waals surface area contributed by atoms with Crippen molar-refractivity contribution in [2.45, 2.75) is 30.6 Å². The molecular weight excluding hydrogens is 376 g/mol. The molecule has 7 nitrogen and oxygen atoms in total. The van der Waals surface area contributed by atoms with Gasteiger partial charge in [0.05, 0.1) is 4.90 Å². The molecule has 1 aliphatic heterocycles. The van der Waals surface area contributed by atoms with Gasteiger partial charge in [-0.2, -0.15) is 4.31 Å². The third-order valence-corrected chi connectivity index (χ3v) is 7.10. The van der Waals surface area contributed by atoms with Crippen LogP contribution in [0.2, 0.25) is 0 Å². The molecule has 2 aromatic heterocycles. The minimum absolute atomic E-state index is 0.190. The maximum atomic E-state index is 12.9. The number of aromatic nitrogens is 2. The van der Waals surface area contributed by atoms with Crippen molar-refractivity contribution in [2.24, 2.45) is 0 Å². The standard InChI is InChI=1S/C20H22N4O3S/c1-14(25)23-16-4-6-17(7-5-16)28(26,27)24-11-8-15(9-12-24)19-13-22-20-18(19)3-2-10-21-20/h2-7,10,13,15H,8-9,11-12H2,1H3,(H,21,22)(H,23,25). The van der Waals surface area contributed by atoms with Gasteiger partial charge < -0.3 is 10.3 Å². The van der Waals surface area contributed by atoms with Gasteiger partial charge in [-0.05, 0) is 60.7 Å². The fraction of sp³-hybridized carbons (Fsp3) is 0.300. The number of fused-ring (bicyclic) bond motifs is 1. The van der Waals surface area contributed by atoms with Crippen molar-refractivity contribution < 1.29 is 13.2 Å². The molecule has 2 N–H and O–H groups in total. The molecule has 0 unspecified atom stereocenters. The normalized spacial score (nSPS) is 16.3. The van der Waals surface area contributed by atoms with Crippen molar-refractivity contribution in [1.29, 1.82) is 0 Å². The molecule has 3 aromatic rings. The Labute approximate surface area is 163 Å². The molecule has 0 spiro atoms. The van der Waals surface area contributed by atoms with Crippen LogP contribution in [0.25, 0.3) is 11.0 Å². The smallest absolute Gasteiger partial charge is 0.243 e. The van der Waals surface area contributed by atoms with Crippen LogP contribution >= 0.6 is 0 Å². The highest BCUT2D eigenvalue weighted by molar-refractivity contribution is 7.89. The first kappa shape index (κ1) is 18.6. The van der Waals surface area contributed by atoms with Gasteiger partial charge in [0, 0.05) is 43.5 Å². The Balaban J connectivity index is 1.47. The number of aromatic amines is 1. The zero-order chi connectivity index (χ0) is 19.7. The number of hydrogen-bond donors (Lipinski definition) is 2. The van der Waals surface area contributed by atoms with Crippen LogP contribution in [0.4, 0.5) is 5.69 Å². The van der Waals surface area contributed by atoms with Crippen LogP contribution in [-0.2, 0) is 14.8 Å². The SMILES string of the molecule is CC(=O)Nc1ccc(S(=O)(=O)N2CCC(c3c[nH]c4ncccc34)CC2)cc1. The Morgan fingerprint density at radius 3 is 2.57 bits per heavy atom. The molecule has 1 saturated heterocycles. The number of pyridine rings is 1. The fourth-order valence-corrected chi connectivity index (χ4v) is 5.25. The largest absolute Gasteiger partial charge is 0.346 e. The molecule has 0 aliphatic carbocycles. The Hall–Kier alpha value is -2.71. The number of nitrogens with one attached hydrogen (secondary N) is 2. The van der Waals surface area contributed by atoms with E-state index in [1.54, 1.807) is 22.6 Å². The van der Waals surface area contributed by atoms with Crippen LogP contribution in [0.1, 0.15) is 31.2 Å². The number of H-pyrrole nitrogens is 1. The number of nitrogens with zero attached hydrogens (tertiary/aromatic N) is 2. The molecule has 0 saturated carbocycles. The van der Waals surface area contributed by atoms with E-state index in [1.165, 1.54) is 24.6 Å². The fourth-order valence-electron chi connectivity index (χ4n) is 3.78. The van der Waals surface area contributed by atoms with Gasteiger partial charge in [0.15, 0.2) is 0 Å². The number of rotatable bonds is 4. The van der Waals surface area contributed by atoms with Crippen LogP contribution in [-0.4, -0.2) is 41.7 Å². The first-order valence-corrected chi connectivity index (χ1v) is 10.7. The van der Waals surface area contributed by atoms with Crippen molar-refractivity contribution in [3.8, 4) is 0 Å². The summed E-state index contributed by atoms with van der Waals surface area (Å²) in [5.41, 5.74) is 2.66. The van der Waals surface area contributed by atoms with Gasteiger partial charge in [0.25, 0.3) is 0 Å². The Morgan fingerprint density at radius 2 is 1.89 bits per heavy atom. The first-order chi connectivity index (χ1) is 13.4. The van der Waals surface area contributed by atoms with E-state index in [0.717, 1.165) is 23.9 Å². The molecule has 1 amide bonds. The lowest BCUT2D eigenvalue weighted by Gasteiger charge is -2.31. The lowest BCUT2D eigenvalue weighted by atomic mass is 9.90. The van der Waals surface area contributed by atoms with Crippen molar-refractivity contribution in [1.82, 2.24) is 14.3 Å². The van der Waals surface area contributed by atoms with Gasteiger partial charge in [-0.15, -0.1) is 0 Å². The molecule has 1 aromatic carbocycles. The van der Waals surface area contributed by atoms with E-state index in [1.807, 2.05) is 18.3 Å². The lowest BCUT2D eigenvalue weighted by Crippen LogP contribution is -2.37. The molecule has 3 heterocycles. The van der Waals surface area contributed by atoms with E-state index in [9.17, 15) is 13.2 Å². The summed E-state index contributed by atoms with van der Waals surface area (Å²) in [6, 6.07) is 10.3. The topological polar surface area (TPSA) is 95.2 Å². The monoisotopic (exact) mass is 398 g/mol. The van der Waals surface area contributed by atoms with Gasteiger partial charge in [-0.1, -0.05) is 0 Å². The summed E-state index contributed by atoms with van der Waals surface area (Å²) in [4.78, 5) is 18.9. The Morgan fingerprint density at radius 1 is 1.18 bits per heavy atom. The highest BCUT2D eigenvalue weighted by Crippen LogP contribution is 2.34. The Bertz CT molecular complexity index is 1100. The third-order valence-electron chi connectivity index (χ3n) is 5.19. The first-order valence-electron chi connectivity index (χ1n) is 9.25. The molecule has 0 bridgehead atoms. The molecule has 1 aliphatic rings. The van der Waals surface area contributed by atoms with Crippen molar-refractivity contribution in [3.63, 3.8) is 0 Å². The summed E-state index contributed by atoms with van der Waals surface area (Å²) in [6.45, 7) is 2.37. The van der Waals surface area contributed by atoms with Crippen molar-refractivity contribution in [3.05, 3.63) is 54.4 Å². The van der Waals surface area contributed by atoms with Gasteiger partial charge in [0.1, 0.15) is 5.65 Å². The van der Waals surface area contributed by atoms with Crippen LogP contribution in [0, 0.1) is 0 Å². The predicted octanol–water partition coefficient (Wildman–Crippen LogP) is 3.09. The van der Waals surface area contributed by atoms with Crippen LogP contribution < -0.4 is 5.32 Å². The van der Waals surface area contributed by atoms with Gasteiger partial charge in [-0.25, -0.2) is 13.4 Å². The molecule has 0 atom stereocenters. The highest BCUT2D eigenvalue weighted by Gasteiger charge is 2.30. The quantitative estimate of drug-likeness (QED) is 0.706. The lowest BCUT2D eigenvalue weighted by molar-refractivity contribution is -0.114. The number of carbonyl (C=O) groups excluding carboxylic acids is 1. The average molecular weight is 398 g/mol. The molecule has 146 valence electrons. The highest BCUT2D eigenvalue weighted by atomic mass is 32.2. The third kappa shape index (κ3) is 3.53. The zero-order valence-electron chi connectivity index (χ0n) is 15.6. The van der Waals surface area contributed by atoms with Crippen LogP contribution in [0.15, 0.2) is 53.7 Å². The van der Waals surface area contributed by atoms with Gasteiger partial charge in [-0.3, -0.25) is 4.79 Å². The molecule has 4 rings (SSSR count). The molecule has 1 fully saturated rings. The summed E-state index contributed by atoms with van der Waals surface area (Å²) in [5, 5.41) is 3.75. The molecule has 28 heavy (non-hydrogen) atoms. The second kappa shape index (κ2) is 7.37. The maximum Gasteiger partial charge on any atom is 0.243 e. The van der Waals surface area contributed by atoms with Crippen LogP contribution in [0.5, 0.6) is 0 Å². The second-order valence-corrected chi connectivity index (χ2v) is 8.97. The second-order valence-electron chi connectivity index (χ2n) is 7.03. The number of carbonyl (C=O) groups is 1. The number of benzene rings is 1. The predicted molar refractivity (Wildman–Crippen MR) is 108 cm³/mol. The Kier molecular flexibility index (Phi) is 4.91. The number of hydrogen-bond acceptors (Lipinski definition) is 4. The zero-order valence-corrected chi connectivity index (χ0v) is 16.4. The number of anilines is 1. The van der Waals surface area contributed by atoms with Crippen LogP contribution in [0.3, 0.4) is 0 Å². The maximum absolute atomic E-state index is 12.9. The molecule has 0 radical (unpaired) electrons. The summed E-state index contributed by atoms with van der Waals surface area (Å²) in [7, 11) is -3.54. The van der Waals surface area contributed by atoms with E-state index < -0.39 is 10.0 Å². The van der Waals surface area contributed by atoms with E-state index in [4.69, 9.17) is 0 Å². The summed E-state index contributed by atoms with van der Waals surface area (Å²) in [6.07, 6.45) is 5.29. The van der Waals surface area contributed by atoms with E-state index in [0.29, 0.717) is 24.7 Å². The number of amides is 1. The molecule has 8 heteroatoms. The number of piperidine rings is 1. The summed E-state index contributed by atoms with van der Waals surface area (Å²) < 4.78 is 27.4. The van der Waals surface area contributed by atoms with E-state index >= 15 is 0 Å². The molecular formula is C20H22N4O3S. The van der Waals surface area contributed by atoms with E-state index in [-0.39, 0.29) is 10.8 Å². The minimum Gasteiger partial charge on any atom is -0.346 e. The van der Waals surface area contributed by atoms with Gasteiger partial charge >= 0.3 is 0 Å². The summed E-state index contributed by atoms with van der Waals surface area (Å²) >= 11 is 0.